The molecule has 0 fully saturated rings. The summed E-state index contributed by atoms with van der Waals surface area (Å²) in [4.78, 5) is 0.274. The van der Waals surface area contributed by atoms with Gasteiger partial charge in [0.1, 0.15) is 4.90 Å². The van der Waals surface area contributed by atoms with E-state index in [2.05, 4.69) is 15.5 Å². The van der Waals surface area contributed by atoms with Crippen LogP contribution < -0.4 is 9.62 Å². The van der Waals surface area contributed by atoms with Crippen LogP contribution in [-0.4, -0.2) is 31.2 Å². The van der Waals surface area contributed by atoms with Crippen molar-refractivity contribution < 1.29 is 8.42 Å². The number of H-pyrrole nitrogens is 1. The third kappa shape index (κ3) is 2.40. The number of para-hydroxylation sites is 1. The molecular weight excluding hydrogens is 300 g/mol. The third-order valence-corrected chi connectivity index (χ3v) is 5.99. The van der Waals surface area contributed by atoms with Crippen molar-refractivity contribution in [3.8, 4) is 0 Å². The number of hydrogen-bond donors (Lipinski definition) is 2. The third-order valence-electron chi connectivity index (χ3n) is 3.95. The van der Waals surface area contributed by atoms with Crippen molar-refractivity contribution in [1.82, 2.24) is 15.5 Å². The predicted molar refractivity (Wildman–Crippen MR) is 85.3 cm³/mol. The molecule has 0 amide bonds. The Labute approximate surface area is 130 Å². The zero-order valence-corrected chi connectivity index (χ0v) is 13.7. The molecule has 0 saturated heterocycles. The number of aromatic amines is 1. The molecule has 0 spiro atoms. The van der Waals surface area contributed by atoms with Crippen LogP contribution in [0.15, 0.2) is 29.2 Å². The Morgan fingerprint density at radius 3 is 2.68 bits per heavy atom. The number of aryl methyl sites for hydroxylation is 2. The molecule has 1 aliphatic heterocycles. The van der Waals surface area contributed by atoms with Crippen LogP contribution in [0.25, 0.3) is 0 Å². The van der Waals surface area contributed by atoms with Crippen LogP contribution in [0.3, 0.4) is 0 Å². The molecule has 1 atom stereocenters. The van der Waals surface area contributed by atoms with Crippen molar-refractivity contribution in [2.24, 2.45) is 0 Å². The maximum Gasteiger partial charge on any atom is 0.268 e. The fraction of sp³-hybridized carbons (Fsp3) is 0.400. The Balaban J connectivity index is 2.17. The number of fused-ring (bicyclic) bond motifs is 1. The van der Waals surface area contributed by atoms with E-state index in [0.717, 1.165) is 11.3 Å². The molecule has 0 radical (unpaired) electrons. The number of rotatable bonds is 2. The van der Waals surface area contributed by atoms with Gasteiger partial charge in [-0.15, -0.1) is 0 Å². The minimum Gasteiger partial charge on any atom is -0.308 e. The van der Waals surface area contributed by atoms with Crippen molar-refractivity contribution in [2.75, 3.05) is 10.8 Å². The first-order valence-corrected chi connectivity index (χ1v) is 8.71. The van der Waals surface area contributed by atoms with Gasteiger partial charge in [0.2, 0.25) is 0 Å². The van der Waals surface area contributed by atoms with Crippen LogP contribution in [0.2, 0.25) is 0 Å². The molecule has 2 heterocycles. The average Bonchev–Trinajstić information content (AvgIpc) is 2.72. The minimum atomic E-state index is -3.65. The number of aromatic nitrogens is 2. The van der Waals surface area contributed by atoms with Crippen LogP contribution in [0, 0.1) is 13.8 Å². The molecule has 6 nitrogen and oxygen atoms in total. The van der Waals surface area contributed by atoms with Gasteiger partial charge in [-0.1, -0.05) is 18.2 Å². The fourth-order valence-corrected chi connectivity index (χ4v) is 4.79. The number of benzene rings is 1. The molecular formula is C15H20N4O2S. The summed E-state index contributed by atoms with van der Waals surface area (Å²) in [5, 5.41) is 10.1. The standard InChI is InChI=1S/C15H20N4O2S/c1-10-9-19(14-7-5-4-6-13(14)8-16-10)22(20,21)15-11(2)17-18-12(15)3/h4-7,10,16H,8-9H2,1-3H3,(H,17,18). The lowest BCUT2D eigenvalue weighted by Crippen LogP contribution is -2.40. The molecule has 3 rings (SSSR count). The largest absolute Gasteiger partial charge is 0.308 e. The fourth-order valence-electron chi connectivity index (χ4n) is 2.86. The van der Waals surface area contributed by atoms with Crippen molar-refractivity contribution in [3.05, 3.63) is 41.2 Å². The maximum atomic E-state index is 13.2. The monoisotopic (exact) mass is 320 g/mol. The van der Waals surface area contributed by atoms with Gasteiger partial charge in [-0.3, -0.25) is 9.40 Å². The summed E-state index contributed by atoms with van der Waals surface area (Å²) in [5.74, 6) is 0. The average molecular weight is 320 g/mol. The number of anilines is 1. The first-order chi connectivity index (χ1) is 10.4. The summed E-state index contributed by atoms with van der Waals surface area (Å²) >= 11 is 0. The zero-order chi connectivity index (χ0) is 15.9. The molecule has 7 heteroatoms. The van der Waals surface area contributed by atoms with E-state index in [1.54, 1.807) is 13.8 Å². The van der Waals surface area contributed by atoms with E-state index < -0.39 is 10.0 Å². The van der Waals surface area contributed by atoms with E-state index in [4.69, 9.17) is 0 Å². The Bertz CT molecular complexity index is 778. The summed E-state index contributed by atoms with van der Waals surface area (Å²) in [5.41, 5.74) is 2.79. The van der Waals surface area contributed by atoms with Crippen LogP contribution in [0.5, 0.6) is 0 Å². The van der Waals surface area contributed by atoms with Gasteiger partial charge in [0.05, 0.1) is 17.1 Å². The van der Waals surface area contributed by atoms with E-state index >= 15 is 0 Å². The van der Waals surface area contributed by atoms with Crippen LogP contribution in [-0.2, 0) is 16.6 Å². The highest BCUT2D eigenvalue weighted by Crippen LogP contribution is 2.31. The molecule has 0 bridgehead atoms. The van der Waals surface area contributed by atoms with E-state index in [0.29, 0.717) is 24.5 Å². The van der Waals surface area contributed by atoms with Gasteiger partial charge in [-0.05, 0) is 32.4 Å². The van der Waals surface area contributed by atoms with Crippen molar-refractivity contribution >= 4 is 15.7 Å². The molecule has 0 aliphatic carbocycles. The van der Waals surface area contributed by atoms with Crippen molar-refractivity contribution in [2.45, 2.75) is 38.3 Å². The Morgan fingerprint density at radius 2 is 2.00 bits per heavy atom. The number of sulfonamides is 1. The Hall–Kier alpha value is -1.86. The van der Waals surface area contributed by atoms with Crippen molar-refractivity contribution in [3.63, 3.8) is 0 Å². The minimum absolute atomic E-state index is 0.0645. The van der Waals surface area contributed by atoms with Gasteiger partial charge >= 0.3 is 0 Å². The molecule has 2 aromatic rings. The van der Waals surface area contributed by atoms with Gasteiger partial charge in [0.15, 0.2) is 0 Å². The first-order valence-electron chi connectivity index (χ1n) is 7.27. The summed E-state index contributed by atoms with van der Waals surface area (Å²) in [7, 11) is -3.65. The van der Waals surface area contributed by atoms with Crippen molar-refractivity contribution in [1.29, 1.82) is 0 Å². The lowest BCUT2D eigenvalue weighted by molar-refractivity contribution is 0.555. The summed E-state index contributed by atoms with van der Waals surface area (Å²) in [6.45, 7) is 6.49. The second-order valence-electron chi connectivity index (χ2n) is 5.71. The highest BCUT2D eigenvalue weighted by Gasteiger charge is 2.33. The Kier molecular flexibility index (Phi) is 3.70. The first kappa shape index (κ1) is 15.1. The van der Waals surface area contributed by atoms with Gasteiger partial charge in [0.25, 0.3) is 10.0 Å². The highest BCUT2D eigenvalue weighted by atomic mass is 32.2. The number of hydrogen-bond acceptors (Lipinski definition) is 4. The molecule has 1 aromatic heterocycles. The SMILES string of the molecule is Cc1n[nH]c(C)c1S(=O)(=O)N1CC(C)NCc2ccccc21. The van der Waals surface area contributed by atoms with E-state index in [1.807, 2.05) is 31.2 Å². The quantitative estimate of drug-likeness (QED) is 0.883. The second-order valence-corrected chi connectivity index (χ2v) is 7.51. The van der Waals surface area contributed by atoms with Gasteiger partial charge in [-0.2, -0.15) is 5.10 Å². The molecule has 2 N–H and O–H groups in total. The van der Waals surface area contributed by atoms with E-state index in [-0.39, 0.29) is 10.9 Å². The van der Waals surface area contributed by atoms with E-state index in [1.165, 1.54) is 4.31 Å². The second kappa shape index (κ2) is 5.40. The highest BCUT2D eigenvalue weighted by molar-refractivity contribution is 7.93. The van der Waals surface area contributed by atoms with E-state index in [9.17, 15) is 8.42 Å². The van der Waals surface area contributed by atoms with Gasteiger partial charge < -0.3 is 5.32 Å². The Morgan fingerprint density at radius 1 is 1.27 bits per heavy atom. The van der Waals surface area contributed by atoms with Crippen LogP contribution in [0.1, 0.15) is 23.9 Å². The summed E-state index contributed by atoms with van der Waals surface area (Å²) < 4.78 is 27.9. The number of nitrogens with zero attached hydrogens (tertiary/aromatic N) is 2. The van der Waals surface area contributed by atoms with Crippen LogP contribution >= 0.6 is 0 Å². The normalized spacial score (nSPS) is 18.9. The lowest BCUT2D eigenvalue weighted by Gasteiger charge is -2.26. The summed E-state index contributed by atoms with van der Waals surface area (Å²) in [6.07, 6.45) is 0. The maximum absolute atomic E-state index is 13.2. The summed E-state index contributed by atoms with van der Waals surface area (Å²) in [6, 6.07) is 7.67. The lowest BCUT2D eigenvalue weighted by atomic mass is 10.2. The molecule has 118 valence electrons. The molecule has 1 aromatic carbocycles. The smallest absolute Gasteiger partial charge is 0.268 e. The topological polar surface area (TPSA) is 78.1 Å². The van der Waals surface area contributed by atoms with Gasteiger partial charge in [0, 0.05) is 19.1 Å². The molecule has 0 saturated carbocycles. The van der Waals surface area contributed by atoms with Crippen LogP contribution in [0.4, 0.5) is 5.69 Å². The predicted octanol–water partition coefficient (Wildman–Crippen LogP) is 1.71. The number of nitrogens with one attached hydrogen (secondary N) is 2. The van der Waals surface area contributed by atoms with Gasteiger partial charge in [-0.25, -0.2) is 8.42 Å². The molecule has 1 aliphatic rings. The zero-order valence-electron chi connectivity index (χ0n) is 12.9. The molecule has 1 unspecified atom stereocenters. The molecule has 22 heavy (non-hydrogen) atoms.